The van der Waals surface area contributed by atoms with E-state index in [-0.39, 0.29) is 17.9 Å². The summed E-state index contributed by atoms with van der Waals surface area (Å²) in [7, 11) is 0. The first-order chi connectivity index (χ1) is 10.3. The van der Waals surface area contributed by atoms with E-state index in [9.17, 15) is 19.5 Å². The van der Waals surface area contributed by atoms with Gasteiger partial charge in [-0.3, -0.25) is 9.59 Å². The van der Waals surface area contributed by atoms with Gasteiger partial charge in [0.25, 0.3) is 5.56 Å². The molecule has 1 aliphatic rings. The fraction of sp³-hybridized carbons (Fsp3) is 0.600. The van der Waals surface area contributed by atoms with E-state index in [4.69, 9.17) is 0 Å². The van der Waals surface area contributed by atoms with Crippen molar-refractivity contribution in [2.75, 3.05) is 6.54 Å². The molecule has 0 bridgehead atoms. The molecular weight excluding hydrogens is 286 g/mol. The molecular formula is C15H21N3O4. The van der Waals surface area contributed by atoms with E-state index < -0.39 is 11.5 Å². The Morgan fingerprint density at radius 3 is 2.64 bits per heavy atom. The summed E-state index contributed by atoms with van der Waals surface area (Å²) >= 11 is 0. The van der Waals surface area contributed by atoms with Gasteiger partial charge < -0.3 is 15.0 Å². The molecule has 7 heteroatoms. The van der Waals surface area contributed by atoms with E-state index >= 15 is 0 Å². The molecule has 0 aliphatic carbocycles. The summed E-state index contributed by atoms with van der Waals surface area (Å²) in [6, 6.07) is 0. The lowest BCUT2D eigenvalue weighted by atomic mass is 9.88. The molecule has 1 aliphatic heterocycles. The second-order valence-electron chi connectivity index (χ2n) is 5.97. The summed E-state index contributed by atoms with van der Waals surface area (Å²) in [5.74, 6) is -0.857. The van der Waals surface area contributed by atoms with Gasteiger partial charge >= 0.3 is 5.97 Å². The number of nitrogens with zero attached hydrogens (tertiary/aromatic N) is 2. The highest BCUT2D eigenvalue weighted by Gasteiger charge is 2.43. The van der Waals surface area contributed by atoms with E-state index in [0.29, 0.717) is 30.0 Å². The number of hydrogen-bond acceptors (Lipinski definition) is 4. The van der Waals surface area contributed by atoms with Crippen molar-refractivity contribution in [1.82, 2.24) is 14.9 Å². The molecule has 0 aromatic carbocycles. The standard InChI is InChI=1S/C15H21N3O4/c1-9-11(13(20)17-10(2)16-9)8-12(19)18-7-5-4-6-15(18,3)14(21)22/h4-8H2,1-3H3,(H,21,22)(H,16,17,20). The second kappa shape index (κ2) is 5.90. The second-order valence-corrected chi connectivity index (χ2v) is 5.97. The maximum atomic E-state index is 12.6. The predicted octanol–water partition coefficient (Wildman–Crippen LogP) is 0.785. The molecule has 1 aromatic heterocycles. The summed E-state index contributed by atoms with van der Waals surface area (Å²) in [4.78, 5) is 44.2. The van der Waals surface area contributed by atoms with Gasteiger partial charge in [-0.25, -0.2) is 9.78 Å². The van der Waals surface area contributed by atoms with Crippen LogP contribution in [0.2, 0.25) is 0 Å². The van der Waals surface area contributed by atoms with Crippen LogP contribution >= 0.6 is 0 Å². The molecule has 120 valence electrons. The van der Waals surface area contributed by atoms with Crippen molar-refractivity contribution in [3.8, 4) is 0 Å². The SMILES string of the molecule is Cc1nc(C)c(CC(=O)N2CCCCC2(C)C(=O)O)c(=O)[nH]1. The molecule has 1 aromatic rings. The van der Waals surface area contributed by atoms with Crippen molar-refractivity contribution >= 4 is 11.9 Å². The van der Waals surface area contributed by atoms with E-state index in [0.717, 1.165) is 12.8 Å². The number of piperidine rings is 1. The van der Waals surface area contributed by atoms with Crippen molar-refractivity contribution in [3.05, 3.63) is 27.4 Å². The molecule has 0 saturated carbocycles. The van der Waals surface area contributed by atoms with E-state index in [1.807, 2.05) is 0 Å². The smallest absolute Gasteiger partial charge is 0.329 e. The molecule has 2 N–H and O–H groups in total. The lowest BCUT2D eigenvalue weighted by molar-refractivity contribution is -0.160. The Morgan fingerprint density at radius 1 is 1.36 bits per heavy atom. The molecule has 2 rings (SSSR count). The molecule has 0 radical (unpaired) electrons. The highest BCUT2D eigenvalue weighted by Crippen LogP contribution is 2.28. The molecule has 1 amide bonds. The lowest BCUT2D eigenvalue weighted by Gasteiger charge is -2.41. The monoisotopic (exact) mass is 307 g/mol. The molecule has 0 spiro atoms. The summed E-state index contributed by atoms with van der Waals surface area (Å²) in [5.41, 5.74) is -0.737. The number of aryl methyl sites for hydroxylation is 2. The Balaban J connectivity index is 2.29. The van der Waals surface area contributed by atoms with Crippen LogP contribution in [-0.2, 0) is 16.0 Å². The summed E-state index contributed by atoms with van der Waals surface area (Å²) in [5, 5.41) is 9.45. The van der Waals surface area contributed by atoms with Crippen molar-refractivity contribution in [3.63, 3.8) is 0 Å². The molecule has 2 heterocycles. The fourth-order valence-corrected chi connectivity index (χ4v) is 2.95. The van der Waals surface area contributed by atoms with Crippen molar-refractivity contribution in [2.24, 2.45) is 0 Å². The molecule has 7 nitrogen and oxygen atoms in total. The first kappa shape index (κ1) is 16.2. The quantitative estimate of drug-likeness (QED) is 0.859. The minimum Gasteiger partial charge on any atom is -0.480 e. The Bertz CT molecular complexity index is 667. The number of carboxylic acids is 1. The number of likely N-dealkylation sites (tertiary alicyclic amines) is 1. The first-order valence-corrected chi connectivity index (χ1v) is 7.36. The van der Waals surface area contributed by atoms with Crippen LogP contribution in [0.1, 0.15) is 43.3 Å². The highest BCUT2D eigenvalue weighted by molar-refractivity contribution is 5.88. The number of H-pyrrole nitrogens is 1. The molecule has 1 saturated heterocycles. The van der Waals surface area contributed by atoms with Crippen LogP contribution in [0, 0.1) is 13.8 Å². The van der Waals surface area contributed by atoms with Gasteiger partial charge in [-0.2, -0.15) is 0 Å². The van der Waals surface area contributed by atoms with Gasteiger partial charge in [0.15, 0.2) is 0 Å². The third-order valence-electron chi connectivity index (χ3n) is 4.32. The van der Waals surface area contributed by atoms with Crippen LogP contribution in [0.25, 0.3) is 0 Å². The minimum absolute atomic E-state index is 0.128. The Labute approximate surface area is 128 Å². The number of hydrogen-bond donors (Lipinski definition) is 2. The van der Waals surface area contributed by atoms with Crippen LogP contribution in [0.15, 0.2) is 4.79 Å². The normalized spacial score (nSPS) is 21.7. The Morgan fingerprint density at radius 2 is 2.05 bits per heavy atom. The number of carbonyl (C=O) groups is 2. The van der Waals surface area contributed by atoms with Gasteiger partial charge in [-0.15, -0.1) is 0 Å². The van der Waals surface area contributed by atoms with Crippen molar-refractivity contribution < 1.29 is 14.7 Å². The summed E-state index contributed by atoms with van der Waals surface area (Å²) < 4.78 is 0. The number of nitrogens with one attached hydrogen (secondary N) is 1. The molecule has 1 atom stereocenters. The average molecular weight is 307 g/mol. The van der Waals surface area contributed by atoms with Gasteiger partial charge in [0, 0.05) is 17.8 Å². The van der Waals surface area contributed by atoms with Crippen molar-refractivity contribution in [2.45, 2.75) is 52.0 Å². The number of rotatable bonds is 3. The Hall–Kier alpha value is -2.18. The summed E-state index contributed by atoms with van der Waals surface area (Å²) in [6.07, 6.45) is 1.85. The number of aromatic nitrogens is 2. The van der Waals surface area contributed by atoms with Gasteiger partial charge in [-0.05, 0) is 40.0 Å². The number of carbonyl (C=O) groups excluding carboxylic acids is 1. The summed E-state index contributed by atoms with van der Waals surface area (Å²) in [6.45, 7) is 5.32. The van der Waals surface area contributed by atoms with Crippen molar-refractivity contribution in [1.29, 1.82) is 0 Å². The maximum Gasteiger partial charge on any atom is 0.329 e. The number of aromatic amines is 1. The number of aliphatic carboxylic acids is 1. The third-order valence-corrected chi connectivity index (χ3v) is 4.32. The minimum atomic E-state index is -1.20. The van der Waals surface area contributed by atoms with Crippen LogP contribution in [-0.4, -0.2) is 43.9 Å². The van der Waals surface area contributed by atoms with Crippen LogP contribution in [0.4, 0.5) is 0 Å². The molecule has 1 unspecified atom stereocenters. The fourth-order valence-electron chi connectivity index (χ4n) is 2.95. The third kappa shape index (κ3) is 2.88. The van der Waals surface area contributed by atoms with Crippen LogP contribution in [0.5, 0.6) is 0 Å². The number of carboxylic acid groups (broad SMARTS) is 1. The first-order valence-electron chi connectivity index (χ1n) is 7.36. The average Bonchev–Trinajstić information content (AvgIpc) is 2.42. The lowest BCUT2D eigenvalue weighted by Crippen LogP contribution is -2.58. The van der Waals surface area contributed by atoms with E-state index in [2.05, 4.69) is 9.97 Å². The van der Waals surface area contributed by atoms with Gasteiger partial charge in [0.05, 0.1) is 6.42 Å². The maximum absolute atomic E-state index is 12.6. The van der Waals surface area contributed by atoms with Gasteiger partial charge in [0.1, 0.15) is 11.4 Å². The Kier molecular flexibility index (Phi) is 4.35. The largest absolute Gasteiger partial charge is 0.480 e. The van der Waals surface area contributed by atoms with E-state index in [1.54, 1.807) is 20.8 Å². The van der Waals surface area contributed by atoms with Crippen LogP contribution < -0.4 is 5.56 Å². The highest BCUT2D eigenvalue weighted by atomic mass is 16.4. The molecule has 22 heavy (non-hydrogen) atoms. The zero-order valence-corrected chi connectivity index (χ0v) is 13.1. The van der Waals surface area contributed by atoms with Gasteiger partial charge in [0.2, 0.25) is 5.91 Å². The zero-order valence-electron chi connectivity index (χ0n) is 13.1. The predicted molar refractivity (Wildman–Crippen MR) is 79.6 cm³/mol. The van der Waals surface area contributed by atoms with E-state index in [1.165, 1.54) is 4.90 Å². The topological polar surface area (TPSA) is 103 Å². The van der Waals surface area contributed by atoms with Crippen LogP contribution in [0.3, 0.4) is 0 Å². The molecule has 1 fully saturated rings. The van der Waals surface area contributed by atoms with Gasteiger partial charge in [-0.1, -0.05) is 0 Å². The number of amides is 1. The zero-order chi connectivity index (χ0) is 16.5.